The van der Waals surface area contributed by atoms with Crippen LogP contribution in [-0.2, 0) is 9.53 Å². The summed E-state index contributed by atoms with van der Waals surface area (Å²) in [7, 11) is 0. The summed E-state index contributed by atoms with van der Waals surface area (Å²) in [5.74, 6) is -1.11. The summed E-state index contributed by atoms with van der Waals surface area (Å²) < 4.78 is 10.3. The van der Waals surface area contributed by atoms with Gasteiger partial charge in [-0.1, -0.05) is 11.6 Å². The molecule has 7 heteroatoms. The number of rotatable bonds is 8. The van der Waals surface area contributed by atoms with E-state index in [1.165, 1.54) is 36.8 Å². The number of furan rings is 1. The highest BCUT2D eigenvalue weighted by atomic mass is 16.5. The molecule has 1 aromatic heterocycles. The van der Waals surface area contributed by atoms with Crippen LogP contribution in [0.2, 0.25) is 0 Å². The van der Waals surface area contributed by atoms with Crippen molar-refractivity contribution in [2.24, 2.45) is 0 Å². The molecule has 2 amide bonds. The van der Waals surface area contributed by atoms with Gasteiger partial charge < -0.3 is 19.8 Å². The van der Waals surface area contributed by atoms with Crippen LogP contribution in [-0.4, -0.2) is 30.4 Å². The van der Waals surface area contributed by atoms with E-state index in [1.54, 1.807) is 31.2 Å². The average molecular weight is 410 g/mol. The fourth-order valence-corrected chi connectivity index (χ4v) is 3.19. The Bertz CT molecular complexity index is 900. The van der Waals surface area contributed by atoms with E-state index in [0.29, 0.717) is 12.2 Å². The van der Waals surface area contributed by atoms with E-state index in [1.807, 2.05) is 0 Å². The Morgan fingerprint density at radius 1 is 1.13 bits per heavy atom. The molecule has 0 spiro atoms. The molecule has 0 saturated carbocycles. The minimum atomic E-state index is -0.892. The van der Waals surface area contributed by atoms with E-state index >= 15 is 0 Å². The lowest BCUT2D eigenvalue weighted by molar-refractivity contribution is -0.129. The zero-order chi connectivity index (χ0) is 21.3. The molecule has 0 aliphatic heterocycles. The lowest BCUT2D eigenvalue weighted by Gasteiger charge is -2.15. The van der Waals surface area contributed by atoms with Gasteiger partial charge in [-0.3, -0.25) is 9.59 Å². The minimum absolute atomic E-state index is 0.193. The number of hydrogen-bond acceptors (Lipinski definition) is 5. The quantitative estimate of drug-likeness (QED) is 0.505. The fourth-order valence-electron chi connectivity index (χ4n) is 3.19. The van der Waals surface area contributed by atoms with Crippen molar-refractivity contribution in [2.45, 2.75) is 45.1 Å². The molecule has 1 aromatic carbocycles. The zero-order valence-corrected chi connectivity index (χ0v) is 17.0. The van der Waals surface area contributed by atoms with Crippen molar-refractivity contribution >= 4 is 23.5 Å². The van der Waals surface area contributed by atoms with Gasteiger partial charge in [0.15, 0.2) is 11.9 Å². The molecule has 1 heterocycles. The number of anilines is 1. The van der Waals surface area contributed by atoms with Crippen LogP contribution in [0.4, 0.5) is 5.69 Å². The number of allylic oxidation sites excluding steroid dienone is 1. The molecule has 0 unspecified atom stereocenters. The van der Waals surface area contributed by atoms with Crippen molar-refractivity contribution < 1.29 is 23.5 Å². The zero-order valence-electron chi connectivity index (χ0n) is 17.0. The van der Waals surface area contributed by atoms with E-state index in [-0.39, 0.29) is 23.1 Å². The first kappa shape index (κ1) is 21.4. The molecule has 3 rings (SSSR count). The second-order valence-corrected chi connectivity index (χ2v) is 7.21. The third kappa shape index (κ3) is 6.07. The smallest absolute Gasteiger partial charge is 0.338 e. The molecule has 0 fully saturated rings. The number of hydrogen-bond donors (Lipinski definition) is 2. The number of amides is 2. The van der Waals surface area contributed by atoms with Crippen molar-refractivity contribution in [3.8, 4) is 0 Å². The van der Waals surface area contributed by atoms with Crippen molar-refractivity contribution in [3.05, 3.63) is 65.6 Å². The van der Waals surface area contributed by atoms with Crippen molar-refractivity contribution in [1.29, 1.82) is 0 Å². The van der Waals surface area contributed by atoms with Gasteiger partial charge in [0.05, 0.1) is 11.8 Å². The second kappa shape index (κ2) is 10.4. The second-order valence-electron chi connectivity index (χ2n) is 7.21. The molecule has 30 heavy (non-hydrogen) atoms. The highest BCUT2D eigenvalue weighted by Crippen LogP contribution is 2.19. The Morgan fingerprint density at radius 3 is 2.60 bits per heavy atom. The van der Waals surface area contributed by atoms with Crippen LogP contribution in [0.5, 0.6) is 0 Å². The first-order valence-electron chi connectivity index (χ1n) is 10.1. The number of carbonyl (C=O) groups is 3. The summed E-state index contributed by atoms with van der Waals surface area (Å²) in [4.78, 5) is 36.4. The van der Waals surface area contributed by atoms with Gasteiger partial charge >= 0.3 is 5.97 Å². The van der Waals surface area contributed by atoms with Gasteiger partial charge in [0.25, 0.3) is 11.8 Å². The van der Waals surface area contributed by atoms with Crippen molar-refractivity contribution in [2.75, 3.05) is 11.9 Å². The average Bonchev–Trinajstić information content (AvgIpc) is 3.30. The topological polar surface area (TPSA) is 97.6 Å². The van der Waals surface area contributed by atoms with Gasteiger partial charge in [-0.2, -0.15) is 0 Å². The van der Waals surface area contributed by atoms with Crippen LogP contribution in [0.15, 0.2) is 58.7 Å². The maximum atomic E-state index is 12.3. The van der Waals surface area contributed by atoms with Gasteiger partial charge in [0.2, 0.25) is 0 Å². The first-order valence-corrected chi connectivity index (χ1v) is 10.1. The van der Waals surface area contributed by atoms with E-state index in [0.717, 1.165) is 19.3 Å². The maximum Gasteiger partial charge on any atom is 0.338 e. The minimum Gasteiger partial charge on any atom is -0.459 e. The van der Waals surface area contributed by atoms with Crippen molar-refractivity contribution in [1.82, 2.24) is 5.32 Å². The van der Waals surface area contributed by atoms with Gasteiger partial charge in [-0.15, -0.1) is 0 Å². The molecule has 2 N–H and O–H groups in total. The van der Waals surface area contributed by atoms with E-state index < -0.39 is 12.1 Å². The Hall–Kier alpha value is -3.35. The maximum absolute atomic E-state index is 12.3. The Balaban J connectivity index is 1.44. The third-order valence-electron chi connectivity index (χ3n) is 4.91. The number of nitrogens with one attached hydrogen (secondary N) is 2. The standard InChI is InChI=1S/C23H26N2O5/c1-16(21(26)24-14-13-17-6-3-2-4-7-17)30-23(28)18-9-11-19(12-10-18)25-22(27)20-8-5-15-29-20/h5-6,8-12,15-16H,2-4,7,13-14H2,1H3,(H,24,26)(H,25,27)/t16-/m1/s1. The predicted molar refractivity (Wildman–Crippen MR) is 112 cm³/mol. The van der Waals surface area contributed by atoms with Gasteiger partial charge in [0.1, 0.15) is 0 Å². The summed E-state index contributed by atoms with van der Waals surface area (Å²) in [6.07, 6.45) is 8.26. The lowest BCUT2D eigenvalue weighted by atomic mass is 9.97. The highest BCUT2D eigenvalue weighted by molar-refractivity contribution is 6.02. The van der Waals surface area contributed by atoms with E-state index in [9.17, 15) is 14.4 Å². The predicted octanol–water partition coefficient (Wildman–Crippen LogP) is 4.08. The summed E-state index contributed by atoms with van der Waals surface area (Å²) in [6.45, 7) is 2.09. The van der Waals surface area contributed by atoms with Gasteiger partial charge in [0, 0.05) is 12.2 Å². The Morgan fingerprint density at radius 2 is 1.93 bits per heavy atom. The molecule has 7 nitrogen and oxygen atoms in total. The Kier molecular flexibility index (Phi) is 7.43. The SMILES string of the molecule is C[C@@H](OC(=O)c1ccc(NC(=O)c2ccco2)cc1)C(=O)NCCC1=CCCCC1. The molecule has 158 valence electrons. The number of carbonyl (C=O) groups excluding carboxylic acids is 3. The normalized spacial score (nSPS) is 14.4. The third-order valence-corrected chi connectivity index (χ3v) is 4.91. The van der Waals surface area contributed by atoms with Crippen LogP contribution in [0.3, 0.4) is 0 Å². The van der Waals surface area contributed by atoms with Gasteiger partial charge in [-0.05, 0) is 75.4 Å². The summed E-state index contributed by atoms with van der Waals surface area (Å²) in [6, 6.07) is 9.40. The summed E-state index contributed by atoms with van der Waals surface area (Å²) in [5.41, 5.74) is 2.18. The summed E-state index contributed by atoms with van der Waals surface area (Å²) in [5, 5.41) is 5.48. The highest BCUT2D eigenvalue weighted by Gasteiger charge is 2.19. The summed E-state index contributed by atoms with van der Waals surface area (Å²) >= 11 is 0. The Labute approximate surface area is 175 Å². The van der Waals surface area contributed by atoms with Crippen molar-refractivity contribution in [3.63, 3.8) is 0 Å². The molecular weight excluding hydrogens is 384 g/mol. The monoisotopic (exact) mass is 410 g/mol. The largest absolute Gasteiger partial charge is 0.459 e. The number of benzene rings is 1. The molecule has 1 aliphatic carbocycles. The number of esters is 1. The number of ether oxygens (including phenoxy) is 1. The molecular formula is C23H26N2O5. The first-order chi connectivity index (χ1) is 14.5. The van der Waals surface area contributed by atoms with Crippen LogP contribution in [0.25, 0.3) is 0 Å². The molecule has 1 atom stereocenters. The van der Waals surface area contributed by atoms with Crippen LogP contribution < -0.4 is 10.6 Å². The molecule has 2 aromatic rings. The molecule has 1 aliphatic rings. The van der Waals surface area contributed by atoms with Crippen LogP contribution in [0.1, 0.15) is 59.9 Å². The van der Waals surface area contributed by atoms with Crippen LogP contribution >= 0.6 is 0 Å². The molecule has 0 radical (unpaired) electrons. The molecule has 0 bridgehead atoms. The van der Waals surface area contributed by atoms with Crippen LogP contribution in [0, 0.1) is 0 Å². The van der Waals surface area contributed by atoms with Gasteiger partial charge in [-0.25, -0.2) is 4.79 Å². The fraction of sp³-hybridized carbons (Fsp3) is 0.348. The van der Waals surface area contributed by atoms with E-state index in [4.69, 9.17) is 9.15 Å². The molecule has 0 saturated heterocycles. The lowest BCUT2D eigenvalue weighted by Crippen LogP contribution is -2.36. The van der Waals surface area contributed by atoms with E-state index in [2.05, 4.69) is 16.7 Å².